The summed E-state index contributed by atoms with van der Waals surface area (Å²) in [7, 11) is 2.68. The van der Waals surface area contributed by atoms with Gasteiger partial charge in [-0.2, -0.15) is 0 Å². The van der Waals surface area contributed by atoms with Gasteiger partial charge in [-0.1, -0.05) is 23.7 Å². The van der Waals surface area contributed by atoms with Crippen LogP contribution in [0.15, 0.2) is 41.3 Å². The van der Waals surface area contributed by atoms with Gasteiger partial charge >= 0.3 is 5.97 Å². The maximum Gasteiger partial charge on any atom is 0.328 e. The zero-order valence-corrected chi connectivity index (χ0v) is 21.1. The summed E-state index contributed by atoms with van der Waals surface area (Å²) in [4.78, 5) is 37.8. The number of halogens is 2. The molecule has 7 nitrogen and oxygen atoms in total. The van der Waals surface area contributed by atoms with Gasteiger partial charge in [-0.3, -0.25) is 14.5 Å². The van der Waals surface area contributed by atoms with Crippen LogP contribution in [0.5, 0.6) is 11.5 Å². The molecule has 1 aliphatic rings. The molecular weight excluding hydrogens is 569 g/mol. The lowest BCUT2D eigenvalue weighted by molar-refractivity contribution is -0.148. The van der Waals surface area contributed by atoms with E-state index >= 15 is 0 Å². The Morgan fingerprint density at radius 3 is 2.53 bits per heavy atom. The molecule has 168 valence electrons. The highest BCUT2D eigenvalue weighted by Gasteiger charge is 2.41. The third-order valence-corrected chi connectivity index (χ3v) is 6.48. The number of amides is 2. The second kappa shape index (κ2) is 10.6. The van der Waals surface area contributed by atoms with Crippen molar-refractivity contribution in [1.82, 2.24) is 4.90 Å². The average molecular weight is 588 g/mol. The first-order valence-corrected chi connectivity index (χ1v) is 11.6. The van der Waals surface area contributed by atoms with E-state index in [0.29, 0.717) is 28.7 Å². The largest absolute Gasteiger partial charge is 0.493 e. The fraction of sp³-hybridized carbons (Fsp3) is 0.227. The number of imide groups is 1. The Labute approximate surface area is 208 Å². The van der Waals surface area contributed by atoms with E-state index in [9.17, 15) is 14.4 Å². The summed E-state index contributed by atoms with van der Waals surface area (Å²) >= 11 is 9.40. The second-order valence-electron chi connectivity index (χ2n) is 6.70. The number of methoxy groups -OCH3 is 2. The Morgan fingerprint density at radius 1 is 1.22 bits per heavy atom. The van der Waals surface area contributed by atoms with Crippen LogP contribution in [-0.4, -0.2) is 42.3 Å². The number of rotatable bonds is 7. The molecule has 0 aliphatic carbocycles. The number of carbonyl (C=O) groups excluding carboxylic acids is 3. The van der Waals surface area contributed by atoms with Crippen molar-refractivity contribution in [3.63, 3.8) is 0 Å². The van der Waals surface area contributed by atoms with Gasteiger partial charge in [0.25, 0.3) is 11.1 Å². The number of hydrogen-bond acceptors (Lipinski definition) is 7. The SMILES string of the molecule is COC(=O)[C@@H](C)N1C(=O)S/C(=C/c2cc(Cl)c(OCc3ccc(I)cc3)c(OC)c2)C1=O. The maximum absolute atomic E-state index is 12.7. The van der Waals surface area contributed by atoms with Crippen molar-refractivity contribution in [2.24, 2.45) is 0 Å². The van der Waals surface area contributed by atoms with Crippen molar-refractivity contribution >= 4 is 69.1 Å². The van der Waals surface area contributed by atoms with Gasteiger partial charge in [0.15, 0.2) is 11.5 Å². The molecule has 2 amide bonds. The Balaban J connectivity index is 1.83. The van der Waals surface area contributed by atoms with Crippen molar-refractivity contribution < 1.29 is 28.6 Å². The van der Waals surface area contributed by atoms with Crippen molar-refractivity contribution in [2.75, 3.05) is 14.2 Å². The first-order valence-electron chi connectivity index (χ1n) is 9.34. The Morgan fingerprint density at radius 2 is 1.91 bits per heavy atom. The third kappa shape index (κ3) is 5.38. The molecule has 2 aromatic carbocycles. The van der Waals surface area contributed by atoms with Gasteiger partial charge in [0.1, 0.15) is 12.6 Å². The van der Waals surface area contributed by atoms with Crippen LogP contribution in [-0.2, 0) is 20.9 Å². The topological polar surface area (TPSA) is 82.1 Å². The highest BCUT2D eigenvalue weighted by atomic mass is 127. The summed E-state index contributed by atoms with van der Waals surface area (Å²) in [5.74, 6) is -0.492. The van der Waals surface area contributed by atoms with Crippen LogP contribution in [0, 0.1) is 3.57 Å². The molecule has 1 heterocycles. The van der Waals surface area contributed by atoms with Crippen molar-refractivity contribution in [1.29, 1.82) is 0 Å². The molecule has 1 atom stereocenters. The third-order valence-electron chi connectivity index (χ3n) is 4.60. The van der Waals surface area contributed by atoms with Gasteiger partial charge in [-0.05, 0) is 82.7 Å². The summed E-state index contributed by atoms with van der Waals surface area (Å²) in [6, 6.07) is 10.1. The summed E-state index contributed by atoms with van der Waals surface area (Å²) in [5, 5.41) is -0.252. The normalized spacial score (nSPS) is 15.8. The highest BCUT2D eigenvalue weighted by Crippen LogP contribution is 2.39. The average Bonchev–Trinajstić information content (AvgIpc) is 3.05. The van der Waals surface area contributed by atoms with E-state index in [2.05, 4.69) is 27.3 Å². The van der Waals surface area contributed by atoms with E-state index < -0.39 is 23.2 Å². The monoisotopic (exact) mass is 587 g/mol. The number of ether oxygens (including phenoxy) is 3. The van der Waals surface area contributed by atoms with Crippen LogP contribution >= 0.6 is 46.0 Å². The molecule has 2 aromatic rings. The number of hydrogen-bond donors (Lipinski definition) is 0. The summed E-state index contributed by atoms with van der Waals surface area (Å²) in [6.07, 6.45) is 1.52. The fourth-order valence-electron chi connectivity index (χ4n) is 2.94. The zero-order valence-electron chi connectivity index (χ0n) is 17.4. The molecule has 0 unspecified atom stereocenters. The van der Waals surface area contributed by atoms with Crippen molar-refractivity contribution in [2.45, 2.75) is 19.6 Å². The minimum atomic E-state index is -1.02. The van der Waals surface area contributed by atoms with E-state index in [1.807, 2.05) is 24.3 Å². The lowest BCUT2D eigenvalue weighted by Crippen LogP contribution is -2.42. The smallest absolute Gasteiger partial charge is 0.328 e. The first-order chi connectivity index (χ1) is 15.2. The van der Waals surface area contributed by atoms with Crippen LogP contribution in [0.2, 0.25) is 5.02 Å². The maximum atomic E-state index is 12.7. The highest BCUT2D eigenvalue weighted by molar-refractivity contribution is 14.1. The predicted molar refractivity (Wildman–Crippen MR) is 131 cm³/mol. The number of nitrogens with zero attached hydrogens (tertiary/aromatic N) is 1. The van der Waals surface area contributed by atoms with Crippen LogP contribution in [0.25, 0.3) is 6.08 Å². The molecule has 0 aromatic heterocycles. The van der Waals surface area contributed by atoms with Gasteiger partial charge in [0.05, 0.1) is 24.1 Å². The number of benzene rings is 2. The molecule has 32 heavy (non-hydrogen) atoms. The van der Waals surface area contributed by atoms with Gasteiger partial charge in [-0.15, -0.1) is 0 Å². The summed E-state index contributed by atoms with van der Waals surface area (Å²) < 4.78 is 17.0. The molecule has 0 spiro atoms. The predicted octanol–water partition coefficient (Wildman–Crippen LogP) is 5.13. The van der Waals surface area contributed by atoms with E-state index in [1.54, 1.807) is 12.1 Å². The van der Waals surface area contributed by atoms with Crippen molar-refractivity contribution in [3.05, 3.63) is 61.0 Å². The molecule has 1 aliphatic heterocycles. The van der Waals surface area contributed by atoms with Crippen LogP contribution < -0.4 is 9.47 Å². The van der Waals surface area contributed by atoms with E-state index in [-0.39, 0.29) is 4.91 Å². The van der Waals surface area contributed by atoms with Crippen molar-refractivity contribution in [3.8, 4) is 11.5 Å². The van der Waals surface area contributed by atoms with Crippen LogP contribution in [0.4, 0.5) is 4.79 Å². The number of esters is 1. The minimum Gasteiger partial charge on any atom is -0.493 e. The molecule has 0 saturated carbocycles. The van der Waals surface area contributed by atoms with Gasteiger partial charge in [-0.25, -0.2) is 4.79 Å². The minimum absolute atomic E-state index is 0.163. The quantitative estimate of drug-likeness (QED) is 0.252. The van der Waals surface area contributed by atoms with Crippen LogP contribution in [0.1, 0.15) is 18.1 Å². The fourth-order valence-corrected chi connectivity index (χ4v) is 4.48. The number of carbonyl (C=O) groups is 3. The number of thioether (sulfide) groups is 1. The molecule has 0 bridgehead atoms. The lowest BCUT2D eigenvalue weighted by Gasteiger charge is -2.18. The molecule has 0 N–H and O–H groups in total. The van der Waals surface area contributed by atoms with Crippen LogP contribution in [0.3, 0.4) is 0 Å². The van der Waals surface area contributed by atoms with E-state index in [4.69, 9.17) is 21.1 Å². The molecule has 0 radical (unpaired) electrons. The summed E-state index contributed by atoms with van der Waals surface area (Å²) in [5.41, 5.74) is 1.52. The molecule has 1 saturated heterocycles. The lowest BCUT2D eigenvalue weighted by atomic mass is 10.1. The molecule has 3 rings (SSSR count). The molecule has 1 fully saturated rings. The molecule has 10 heteroatoms. The Kier molecular flexibility index (Phi) is 8.07. The van der Waals surface area contributed by atoms with Gasteiger partial charge in [0.2, 0.25) is 0 Å². The Bertz CT molecular complexity index is 1090. The Hall–Kier alpha value is -2.24. The van der Waals surface area contributed by atoms with E-state index in [0.717, 1.165) is 25.8 Å². The van der Waals surface area contributed by atoms with Gasteiger partial charge < -0.3 is 14.2 Å². The zero-order chi connectivity index (χ0) is 23.4. The van der Waals surface area contributed by atoms with Gasteiger partial charge in [0, 0.05) is 3.57 Å². The summed E-state index contributed by atoms with van der Waals surface area (Å²) in [6.45, 7) is 1.74. The molecular formula is C22H19ClINO6S. The first kappa shape index (κ1) is 24.4. The second-order valence-corrected chi connectivity index (χ2v) is 9.35. The standard InChI is InChI=1S/C22H19ClINO6S/c1-12(21(27)30-3)25-20(26)18(32-22(25)28)10-14-8-16(23)19(17(9-14)29-2)31-11-13-4-6-15(24)7-5-13/h4-10,12H,11H2,1-3H3/b18-10+/t12-/m1/s1. The van der Waals surface area contributed by atoms with E-state index in [1.165, 1.54) is 27.2 Å².